The molecule has 1 radical (unpaired) electrons. The molecule has 0 saturated carbocycles. The fourth-order valence-corrected chi connectivity index (χ4v) is 2.46. The van der Waals surface area contributed by atoms with Gasteiger partial charge in [0.2, 0.25) is 0 Å². The van der Waals surface area contributed by atoms with Crippen LogP contribution in [0.4, 0.5) is 5.69 Å². The highest BCUT2D eigenvalue weighted by Gasteiger charge is 2.08. The molecule has 0 spiro atoms. The molecule has 0 atom stereocenters. The van der Waals surface area contributed by atoms with Crippen molar-refractivity contribution in [1.82, 2.24) is 4.48 Å². The SMILES string of the molecule is CCCCCCCCCCCC[O].C[N+](C)(C)c1ccccc1.[Cl-]. The Balaban J connectivity index is 0. The topological polar surface area (TPSA) is 19.9 Å². The summed E-state index contributed by atoms with van der Waals surface area (Å²) >= 11 is 0. The van der Waals surface area contributed by atoms with Gasteiger partial charge in [-0.25, -0.2) is 5.11 Å². The summed E-state index contributed by atoms with van der Waals surface area (Å²) in [5.74, 6) is 0. The lowest BCUT2D eigenvalue weighted by Gasteiger charge is -2.22. The maximum absolute atomic E-state index is 10.1. The Bertz CT molecular complexity index is 339. The lowest BCUT2D eigenvalue weighted by molar-refractivity contribution is -0.00000713. The minimum absolute atomic E-state index is 0. The smallest absolute Gasteiger partial charge is 0.132 e. The Morgan fingerprint density at radius 3 is 1.46 bits per heavy atom. The van der Waals surface area contributed by atoms with Crippen LogP contribution in [-0.4, -0.2) is 27.7 Å². The molecule has 0 fully saturated rings. The summed E-state index contributed by atoms with van der Waals surface area (Å²) in [7, 11) is 6.49. The minimum atomic E-state index is 0. The van der Waals surface area contributed by atoms with Gasteiger partial charge in [0.1, 0.15) is 5.69 Å². The van der Waals surface area contributed by atoms with Crippen LogP contribution in [0.5, 0.6) is 0 Å². The van der Waals surface area contributed by atoms with Crippen LogP contribution in [-0.2, 0) is 5.11 Å². The molecule has 2 nitrogen and oxygen atoms in total. The van der Waals surface area contributed by atoms with Crippen molar-refractivity contribution >= 4 is 5.69 Å². The summed E-state index contributed by atoms with van der Waals surface area (Å²) in [5, 5.41) is 10.1. The number of hydrogen-bond acceptors (Lipinski definition) is 0. The van der Waals surface area contributed by atoms with Gasteiger partial charge in [-0.1, -0.05) is 82.9 Å². The van der Waals surface area contributed by atoms with Crippen LogP contribution in [0.2, 0.25) is 0 Å². The van der Waals surface area contributed by atoms with Crippen LogP contribution in [0.3, 0.4) is 0 Å². The maximum atomic E-state index is 10.1. The van der Waals surface area contributed by atoms with Gasteiger partial charge in [0.05, 0.1) is 27.7 Å². The van der Waals surface area contributed by atoms with E-state index in [4.69, 9.17) is 0 Å². The summed E-state index contributed by atoms with van der Waals surface area (Å²) in [4.78, 5) is 0. The molecule has 0 N–H and O–H groups in total. The number of quaternary nitrogens is 1. The number of unbranched alkanes of at least 4 members (excludes halogenated alkanes) is 9. The van der Waals surface area contributed by atoms with E-state index in [9.17, 15) is 5.11 Å². The monoisotopic (exact) mass is 356 g/mol. The van der Waals surface area contributed by atoms with Gasteiger partial charge in [-0.3, -0.25) is 4.48 Å². The highest BCUT2D eigenvalue weighted by atomic mass is 35.5. The second-order valence-electron chi connectivity index (χ2n) is 7.23. The number of nitrogens with zero attached hydrogens (tertiary/aromatic N) is 1. The molecule has 0 aliphatic carbocycles. The molecule has 1 rings (SSSR count). The second-order valence-corrected chi connectivity index (χ2v) is 7.23. The number of rotatable bonds is 11. The Kier molecular flexibility index (Phi) is 18.5. The molecule has 0 aromatic heterocycles. The third-order valence-electron chi connectivity index (χ3n) is 4.03. The molecule has 1 aromatic rings. The van der Waals surface area contributed by atoms with Gasteiger partial charge in [0.25, 0.3) is 0 Å². The second kappa shape index (κ2) is 17.3. The van der Waals surface area contributed by atoms with Gasteiger partial charge in [-0.15, -0.1) is 0 Å². The van der Waals surface area contributed by atoms with Gasteiger partial charge in [-0.2, -0.15) is 0 Å². The molecule has 141 valence electrons. The molecular weight excluding hydrogens is 318 g/mol. The average molecular weight is 357 g/mol. The third kappa shape index (κ3) is 16.3. The first kappa shape index (κ1) is 25.7. The first-order valence-corrected chi connectivity index (χ1v) is 9.47. The highest BCUT2D eigenvalue weighted by Crippen LogP contribution is 2.14. The van der Waals surface area contributed by atoms with Crippen molar-refractivity contribution in [1.29, 1.82) is 0 Å². The molecule has 0 aliphatic heterocycles. The number of halogens is 1. The Morgan fingerprint density at radius 2 is 1.12 bits per heavy atom. The van der Waals surface area contributed by atoms with Crippen molar-refractivity contribution in [3.63, 3.8) is 0 Å². The average Bonchev–Trinajstić information content (AvgIpc) is 2.54. The van der Waals surface area contributed by atoms with Gasteiger partial charge in [0, 0.05) is 0 Å². The lowest BCUT2D eigenvalue weighted by Crippen LogP contribution is -3.00. The minimum Gasteiger partial charge on any atom is -1.00 e. The van der Waals surface area contributed by atoms with Crippen molar-refractivity contribution in [3.05, 3.63) is 30.3 Å². The van der Waals surface area contributed by atoms with Crippen LogP contribution >= 0.6 is 0 Å². The molecular formula is C21H39ClNO. The summed E-state index contributed by atoms with van der Waals surface area (Å²) < 4.78 is 0.890. The first-order valence-electron chi connectivity index (χ1n) is 9.47. The largest absolute Gasteiger partial charge is 1.00 e. The van der Waals surface area contributed by atoms with E-state index in [0.717, 1.165) is 17.3 Å². The zero-order chi connectivity index (χ0) is 17.4. The van der Waals surface area contributed by atoms with Crippen molar-refractivity contribution in [2.75, 3.05) is 27.7 Å². The predicted molar refractivity (Wildman–Crippen MR) is 103 cm³/mol. The van der Waals surface area contributed by atoms with Gasteiger partial charge >= 0.3 is 0 Å². The summed E-state index contributed by atoms with van der Waals surface area (Å²) in [6, 6.07) is 10.5. The predicted octanol–water partition coefficient (Wildman–Crippen LogP) is 3.23. The standard InChI is InChI=1S/C12H25O.C9H14N.ClH/c1-2-3-4-5-6-7-8-9-10-11-12-13;1-10(2,3)9-7-5-4-6-8-9;/h2-12H2,1H3;4-8H,1-3H3;1H/q;+1;/p-1. The molecule has 3 heteroatoms. The van der Waals surface area contributed by atoms with Gasteiger partial charge < -0.3 is 12.4 Å². The number of hydrogen-bond donors (Lipinski definition) is 0. The van der Waals surface area contributed by atoms with Gasteiger partial charge in [0.15, 0.2) is 0 Å². The molecule has 1 aromatic carbocycles. The Hall–Kier alpha value is -0.570. The Morgan fingerprint density at radius 1 is 0.708 bits per heavy atom. The van der Waals surface area contributed by atoms with Crippen LogP contribution < -0.4 is 16.9 Å². The van der Waals surface area contributed by atoms with E-state index in [1.54, 1.807) is 0 Å². The van der Waals surface area contributed by atoms with Crippen LogP contribution in [0.15, 0.2) is 30.3 Å². The molecule has 0 bridgehead atoms. The van der Waals surface area contributed by atoms with E-state index in [-0.39, 0.29) is 19.0 Å². The highest BCUT2D eigenvalue weighted by molar-refractivity contribution is 5.40. The van der Waals surface area contributed by atoms with E-state index in [1.807, 2.05) is 6.07 Å². The van der Waals surface area contributed by atoms with Crippen molar-refractivity contribution in [2.24, 2.45) is 0 Å². The van der Waals surface area contributed by atoms with Crippen LogP contribution in [0.1, 0.15) is 71.1 Å². The fourth-order valence-electron chi connectivity index (χ4n) is 2.46. The van der Waals surface area contributed by atoms with E-state index in [2.05, 4.69) is 52.3 Å². The van der Waals surface area contributed by atoms with E-state index < -0.39 is 0 Å². The van der Waals surface area contributed by atoms with E-state index in [1.165, 1.54) is 57.1 Å². The van der Waals surface area contributed by atoms with Crippen molar-refractivity contribution < 1.29 is 17.5 Å². The first-order chi connectivity index (χ1) is 11.0. The number of benzene rings is 1. The summed E-state index contributed by atoms with van der Waals surface area (Å²) in [6.45, 7) is 2.37. The fraction of sp³-hybridized carbons (Fsp3) is 0.714. The summed E-state index contributed by atoms with van der Waals surface area (Å²) in [5.41, 5.74) is 1.34. The maximum Gasteiger partial charge on any atom is 0.132 e. The molecule has 0 amide bonds. The number of para-hydroxylation sites is 1. The molecule has 0 saturated heterocycles. The molecule has 0 heterocycles. The third-order valence-corrected chi connectivity index (χ3v) is 4.03. The molecule has 24 heavy (non-hydrogen) atoms. The molecule has 0 unspecified atom stereocenters. The molecule has 0 aliphatic rings. The quantitative estimate of drug-likeness (QED) is 0.428. The van der Waals surface area contributed by atoms with Crippen LogP contribution in [0.25, 0.3) is 0 Å². The normalized spacial score (nSPS) is 10.5. The van der Waals surface area contributed by atoms with E-state index >= 15 is 0 Å². The van der Waals surface area contributed by atoms with Crippen molar-refractivity contribution in [2.45, 2.75) is 71.1 Å². The van der Waals surface area contributed by atoms with E-state index in [0.29, 0.717) is 0 Å². The Labute approximate surface area is 157 Å². The van der Waals surface area contributed by atoms with Crippen molar-refractivity contribution in [3.8, 4) is 0 Å². The zero-order valence-corrected chi connectivity index (χ0v) is 17.2. The zero-order valence-electron chi connectivity index (χ0n) is 16.4. The summed E-state index contributed by atoms with van der Waals surface area (Å²) in [6.07, 6.45) is 13.0. The lowest BCUT2D eigenvalue weighted by atomic mass is 10.1. The van der Waals surface area contributed by atoms with Gasteiger partial charge in [-0.05, 0) is 18.6 Å². The van der Waals surface area contributed by atoms with Crippen LogP contribution in [0, 0.1) is 0 Å².